The molecule has 10 heteroatoms. The Hall–Kier alpha value is -2.65. The number of pyridine rings is 1. The van der Waals surface area contributed by atoms with Gasteiger partial charge in [0.25, 0.3) is 0 Å². The zero-order valence-corrected chi connectivity index (χ0v) is 11.5. The van der Waals surface area contributed by atoms with E-state index in [2.05, 4.69) is 10.1 Å². The van der Waals surface area contributed by atoms with E-state index < -0.39 is 34.9 Å². The molecule has 3 nitrogen and oxygen atoms in total. The van der Waals surface area contributed by atoms with Crippen LogP contribution in [0.1, 0.15) is 11.1 Å². The van der Waals surface area contributed by atoms with Gasteiger partial charge in [0, 0.05) is 5.56 Å². The van der Waals surface area contributed by atoms with E-state index in [9.17, 15) is 30.7 Å². The van der Waals surface area contributed by atoms with Gasteiger partial charge in [0.2, 0.25) is 0 Å². The first-order chi connectivity index (χ1) is 11.1. The van der Waals surface area contributed by atoms with Crippen LogP contribution >= 0.6 is 0 Å². The van der Waals surface area contributed by atoms with Gasteiger partial charge in [-0.25, -0.2) is 13.9 Å². The topological polar surface area (TPSA) is 30.2 Å². The van der Waals surface area contributed by atoms with Crippen LogP contribution in [0, 0.1) is 5.82 Å². The standard InChI is InChI=1S/C14H6F7N3/c15-10-3-7(13(16,17)18)1-2-9(10)11-4-8(14(19,20)21)5-12-22-6-23-24(11)12/h1-6H. The van der Waals surface area contributed by atoms with Crippen molar-refractivity contribution in [2.45, 2.75) is 12.4 Å². The quantitative estimate of drug-likeness (QED) is 0.603. The summed E-state index contributed by atoms with van der Waals surface area (Å²) in [6, 6.07) is 2.88. The minimum Gasteiger partial charge on any atom is -0.215 e. The van der Waals surface area contributed by atoms with Gasteiger partial charge in [-0.2, -0.15) is 31.4 Å². The molecule has 126 valence electrons. The number of hydrogen-bond donors (Lipinski definition) is 0. The summed E-state index contributed by atoms with van der Waals surface area (Å²) in [5, 5.41) is 3.68. The Morgan fingerprint density at radius 3 is 2.08 bits per heavy atom. The molecular formula is C14H6F7N3. The highest BCUT2D eigenvalue weighted by molar-refractivity contribution is 5.65. The van der Waals surface area contributed by atoms with Crippen molar-refractivity contribution < 1.29 is 30.7 Å². The van der Waals surface area contributed by atoms with E-state index in [4.69, 9.17) is 0 Å². The molecule has 0 aliphatic carbocycles. The molecule has 0 fully saturated rings. The molecule has 0 saturated carbocycles. The second-order valence-electron chi connectivity index (χ2n) is 4.85. The Labute approximate surface area is 129 Å². The maximum Gasteiger partial charge on any atom is 0.416 e. The van der Waals surface area contributed by atoms with Crippen molar-refractivity contribution in [3.8, 4) is 11.3 Å². The summed E-state index contributed by atoms with van der Waals surface area (Å²) in [5.41, 5.74) is -3.38. The summed E-state index contributed by atoms with van der Waals surface area (Å²) >= 11 is 0. The third-order valence-corrected chi connectivity index (χ3v) is 3.28. The fourth-order valence-electron chi connectivity index (χ4n) is 2.18. The maximum absolute atomic E-state index is 14.1. The lowest BCUT2D eigenvalue weighted by atomic mass is 10.1. The van der Waals surface area contributed by atoms with Gasteiger partial charge in [0.1, 0.15) is 12.1 Å². The number of halogens is 7. The highest BCUT2D eigenvalue weighted by Gasteiger charge is 2.34. The summed E-state index contributed by atoms with van der Waals surface area (Å²) in [5.74, 6) is -1.32. The van der Waals surface area contributed by atoms with E-state index in [1.54, 1.807) is 0 Å². The largest absolute Gasteiger partial charge is 0.416 e. The smallest absolute Gasteiger partial charge is 0.215 e. The Morgan fingerprint density at radius 2 is 1.50 bits per heavy atom. The first-order valence-electron chi connectivity index (χ1n) is 6.35. The third kappa shape index (κ3) is 2.79. The number of aromatic nitrogens is 3. The lowest BCUT2D eigenvalue weighted by Gasteiger charge is -2.13. The highest BCUT2D eigenvalue weighted by atomic mass is 19.4. The molecule has 0 unspecified atom stereocenters. The van der Waals surface area contributed by atoms with E-state index in [0.29, 0.717) is 18.2 Å². The van der Waals surface area contributed by atoms with Gasteiger partial charge in [0.05, 0.1) is 16.8 Å². The first kappa shape index (κ1) is 16.2. The summed E-state index contributed by atoms with van der Waals surface area (Å²) in [7, 11) is 0. The summed E-state index contributed by atoms with van der Waals surface area (Å²) < 4.78 is 91.6. The lowest BCUT2D eigenvalue weighted by molar-refractivity contribution is -0.138. The number of hydrogen-bond acceptors (Lipinski definition) is 2. The van der Waals surface area contributed by atoms with Crippen molar-refractivity contribution >= 4 is 5.65 Å². The molecule has 0 N–H and O–H groups in total. The van der Waals surface area contributed by atoms with Gasteiger partial charge in [-0.05, 0) is 30.3 Å². The van der Waals surface area contributed by atoms with Crippen LogP contribution in [0.4, 0.5) is 30.7 Å². The zero-order valence-electron chi connectivity index (χ0n) is 11.5. The number of rotatable bonds is 1. The molecule has 2 heterocycles. The van der Waals surface area contributed by atoms with Crippen molar-refractivity contribution in [3.63, 3.8) is 0 Å². The lowest BCUT2D eigenvalue weighted by Crippen LogP contribution is -2.09. The molecule has 0 spiro atoms. The number of nitrogens with zero attached hydrogens (tertiary/aromatic N) is 3. The van der Waals surface area contributed by atoms with Gasteiger partial charge < -0.3 is 0 Å². The predicted octanol–water partition coefficient (Wildman–Crippen LogP) is 4.57. The second-order valence-corrected chi connectivity index (χ2v) is 4.85. The fourth-order valence-corrected chi connectivity index (χ4v) is 2.18. The molecule has 24 heavy (non-hydrogen) atoms. The Balaban J connectivity index is 2.24. The van der Waals surface area contributed by atoms with Crippen molar-refractivity contribution in [2.24, 2.45) is 0 Å². The molecule has 3 aromatic rings. The molecule has 0 aliphatic heterocycles. The van der Waals surface area contributed by atoms with Crippen molar-refractivity contribution in [2.75, 3.05) is 0 Å². The minimum absolute atomic E-state index is 0.209. The highest BCUT2D eigenvalue weighted by Crippen LogP contribution is 2.36. The summed E-state index contributed by atoms with van der Waals surface area (Å²) in [6.07, 6.45) is -8.54. The molecule has 0 amide bonds. The molecule has 1 aromatic carbocycles. The SMILES string of the molecule is Fc1cc(C(F)(F)F)ccc1-c1cc(C(F)(F)F)cc2ncnn12. The summed E-state index contributed by atoms with van der Waals surface area (Å²) in [6.45, 7) is 0. The molecule has 0 saturated heterocycles. The normalized spacial score (nSPS) is 12.8. The average Bonchev–Trinajstić information content (AvgIpc) is 2.92. The van der Waals surface area contributed by atoms with Gasteiger partial charge >= 0.3 is 12.4 Å². The molecule has 3 rings (SSSR count). The fraction of sp³-hybridized carbons (Fsp3) is 0.143. The number of alkyl halides is 6. The van der Waals surface area contributed by atoms with Crippen molar-refractivity contribution in [1.29, 1.82) is 0 Å². The Kier molecular flexibility index (Phi) is 3.50. The monoisotopic (exact) mass is 349 g/mol. The van der Waals surface area contributed by atoms with Gasteiger partial charge in [-0.1, -0.05) is 0 Å². The van der Waals surface area contributed by atoms with Crippen molar-refractivity contribution in [3.05, 3.63) is 53.6 Å². The molecule has 0 aliphatic rings. The van der Waals surface area contributed by atoms with Crippen LogP contribution < -0.4 is 0 Å². The number of benzene rings is 1. The molecule has 2 aromatic heterocycles. The van der Waals surface area contributed by atoms with Crippen LogP contribution in [-0.2, 0) is 12.4 Å². The molecular weight excluding hydrogens is 343 g/mol. The molecule has 0 radical (unpaired) electrons. The number of fused-ring (bicyclic) bond motifs is 1. The van der Waals surface area contributed by atoms with Gasteiger partial charge in [-0.15, -0.1) is 0 Å². The summed E-state index contributed by atoms with van der Waals surface area (Å²) in [4.78, 5) is 3.61. The van der Waals surface area contributed by atoms with E-state index in [0.717, 1.165) is 16.9 Å². The van der Waals surface area contributed by atoms with Crippen LogP contribution in [-0.4, -0.2) is 14.6 Å². The van der Waals surface area contributed by atoms with Crippen LogP contribution in [0.15, 0.2) is 36.7 Å². The third-order valence-electron chi connectivity index (χ3n) is 3.28. The first-order valence-corrected chi connectivity index (χ1v) is 6.35. The van der Waals surface area contributed by atoms with Crippen LogP contribution in [0.5, 0.6) is 0 Å². The predicted molar refractivity (Wildman–Crippen MR) is 68.4 cm³/mol. The van der Waals surface area contributed by atoms with E-state index in [-0.39, 0.29) is 17.4 Å². The average molecular weight is 349 g/mol. The maximum atomic E-state index is 14.1. The van der Waals surface area contributed by atoms with Crippen LogP contribution in [0.2, 0.25) is 0 Å². The van der Waals surface area contributed by atoms with E-state index in [1.807, 2.05) is 0 Å². The van der Waals surface area contributed by atoms with Crippen LogP contribution in [0.3, 0.4) is 0 Å². The molecule has 0 bridgehead atoms. The minimum atomic E-state index is -4.77. The second kappa shape index (κ2) is 5.18. The van der Waals surface area contributed by atoms with Crippen LogP contribution in [0.25, 0.3) is 16.9 Å². The zero-order chi connectivity index (χ0) is 17.7. The van der Waals surface area contributed by atoms with Gasteiger partial charge in [-0.3, -0.25) is 0 Å². The van der Waals surface area contributed by atoms with E-state index in [1.165, 1.54) is 0 Å². The van der Waals surface area contributed by atoms with Gasteiger partial charge in [0.15, 0.2) is 5.65 Å². The Morgan fingerprint density at radius 1 is 0.833 bits per heavy atom. The van der Waals surface area contributed by atoms with E-state index >= 15 is 0 Å². The molecule has 0 atom stereocenters. The Bertz CT molecular complexity index is 909. The van der Waals surface area contributed by atoms with Crippen molar-refractivity contribution in [1.82, 2.24) is 14.6 Å².